The summed E-state index contributed by atoms with van der Waals surface area (Å²) >= 11 is 6.69. The Kier molecular flexibility index (Phi) is 5.57. The van der Waals surface area contributed by atoms with Crippen molar-refractivity contribution in [3.05, 3.63) is 56.6 Å². The molecule has 1 N–H and O–H groups in total. The average molecular weight is 398 g/mol. The van der Waals surface area contributed by atoms with Gasteiger partial charge in [0, 0.05) is 11.0 Å². The molecular formula is C15H12ClN3O4S2. The van der Waals surface area contributed by atoms with Gasteiger partial charge in [-0.1, -0.05) is 11.6 Å². The van der Waals surface area contributed by atoms with Crippen molar-refractivity contribution >= 4 is 44.8 Å². The summed E-state index contributed by atoms with van der Waals surface area (Å²) < 4.78 is 27.6. The van der Waals surface area contributed by atoms with E-state index in [4.69, 9.17) is 16.9 Å². The molecule has 7 nitrogen and oxygen atoms in total. The van der Waals surface area contributed by atoms with Crippen molar-refractivity contribution in [1.29, 1.82) is 5.26 Å². The van der Waals surface area contributed by atoms with Crippen LogP contribution in [-0.2, 0) is 10.0 Å². The Morgan fingerprint density at radius 1 is 1.24 bits per heavy atom. The lowest BCUT2D eigenvalue weighted by molar-refractivity contribution is -0.384. The number of anilines is 1. The molecule has 0 amide bonds. The van der Waals surface area contributed by atoms with Gasteiger partial charge in [0.2, 0.25) is 0 Å². The van der Waals surface area contributed by atoms with Gasteiger partial charge in [-0.15, -0.1) is 0 Å². The summed E-state index contributed by atoms with van der Waals surface area (Å²) in [5.74, 6) is 0. The van der Waals surface area contributed by atoms with Crippen LogP contribution in [0.3, 0.4) is 0 Å². The number of thioether (sulfide) groups is 1. The Hall–Kier alpha value is -2.28. The Labute approximate surface area is 153 Å². The van der Waals surface area contributed by atoms with E-state index in [2.05, 4.69) is 4.72 Å². The van der Waals surface area contributed by atoms with E-state index < -0.39 is 20.6 Å². The van der Waals surface area contributed by atoms with Gasteiger partial charge in [-0.3, -0.25) is 14.8 Å². The second kappa shape index (κ2) is 7.31. The van der Waals surface area contributed by atoms with Crippen molar-refractivity contribution in [2.45, 2.75) is 23.6 Å². The molecule has 0 fully saturated rings. The van der Waals surface area contributed by atoms with E-state index in [1.807, 2.05) is 5.40 Å². The summed E-state index contributed by atoms with van der Waals surface area (Å²) in [6, 6.07) is 6.64. The van der Waals surface area contributed by atoms with Crippen LogP contribution in [0.15, 0.2) is 40.1 Å². The van der Waals surface area contributed by atoms with Crippen LogP contribution < -0.4 is 4.72 Å². The van der Waals surface area contributed by atoms with E-state index in [1.54, 1.807) is 26.0 Å². The van der Waals surface area contributed by atoms with Gasteiger partial charge < -0.3 is 0 Å². The zero-order valence-electron chi connectivity index (χ0n) is 13.1. The molecule has 0 unspecified atom stereocenters. The van der Waals surface area contributed by atoms with Crippen LogP contribution in [0.1, 0.15) is 11.1 Å². The van der Waals surface area contributed by atoms with Crippen molar-refractivity contribution in [3.8, 4) is 5.40 Å². The van der Waals surface area contributed by atoms with Crippen LogP contribution >= 0.6 is 23.4 Å². The standard InChI is InChI=1S/C15H12ClN3O4S2/c1-9-5-11(24-8-17)6-10(2)15(9)18-25(22,23)12-3-4-13(16)14(7-12)19(20)21/h3-7,18H,1-2H3. The number of nitro benzene ring substituents is 1. The van der Waals surface area contributed by atoms with Gasteiger partial charge >= 0.3 is 0 Å². The molecule has 2 rings (SSSR count). The molecule has 0 aliphatic rings. The fourth-order valence-electron chi connectivity index (χ4n) is 2.19. The maximum Gasteiger partial charge on any atom is 0.289 e. The SMILES string of the molecule is Cc1cc(SC#N)cc(C)c1NS(=O)(=O)c1ccc(Cl)c([N+](=O)[O-])c1. The molecule has 2 aromatic carbocycles. The quantitative estimate of drug-likeness (QED) is 0.349. The lowest BCUT2D eigenvalue weighted by atomic mass is 10.1. The third kappa shape index (κ3) is 4.22. The van der Waals surface area contributed by atoms with Gasteiger partial charge in [0.1, 0.15) is 10.4 Å². The van der Waals surface area contributed by atoms with Crippen LogP contribution in [0, 0.1) is 34.6 Å². The molecule has 0 spiro atoms. The zero-order chi connectivity index (χ0) is 18.8. The number of nitriles is 1. The number of hydrogen-bond acceptors (Lipinski definition) is 6. The summed E-state index contributed by atoms with van der Waals surface area (Å²) in [4.78, 5) is 10.6. The molecule has 0 bridgehead atoms. The molecule has 0 atom stereocenters. The van der Waals surface area contributed by atoms with Gasteiger partial charge in [-0.05, 0) is 61.0 Å². The number of sulfonamides is 1. The van der Waals surface area contributed by atoms with Crippen molar-refractivity contribution in [1.82, 2.24) is 0 Å². The minimum Gasteiger partial charge on any atom is -0.279 e. The minimum atomic E-state index is -4.04. The van der Waals surface area contributed by atoms with Crippen LogP contribution in [0.5, 0.6) is 0 Å². The van der Waals surface area contributed by atoms with E-state index in [0.717, 1.165) is 17.8 Å². The molecule has 130 valence electrons. The molecule has 25 heavy (non-hydrogen) atoms. The number of nitrogens with one attached hydrogen (secondary N) is 1. The molecule has 0 saturated heterocycles. The first-order chi connectivity index (χ1) is 11.7. The second-order valence-electron chi connectivity index (χ2n) is 5.10. The molecule has 0 aliphatic heterocycles. The average Bonchev–Trinajstić information content (AvgIpc) is 2.51. The molecule has 0 aromatic heterocycles. The smallest absolute Gasteiger partial charge is 0.279 e. The highest BCUT2D eigenvalue weighted by molar-refractivity contribution is 8.03. The van der Waals surface area contributed by atoms with Crippen molar-refractivity contribution in [2.24, 2.45) is 0 Å². The number of thiocyanates is 1. The first-order valence-electron chi connectivity index (χ1n) is 6.79. The van der Waals surface area contributed by atoms with Crippen LogP contribution in [0.25, 0.3) is 0 Å². The molecule has 0 saturated carbocycles. The molecule has 10 heteroatoms. The van der Waals surface area contributed by atoms with E-state index in [0.29, 0.717) is 21.7 Å². The zero-order valence-corrected chi connectivity index (χ0v) is 15.5. The number of nitrogens with zero attached hydrogens (tertiary/aromatic N) is 2. The fraction of sp³-hybridized carbons (Fsp3) is 0.133. The topological polar surface area (TPSA) is 113 Å². The largest absolute Gasteiger partial charge is 0.289 e. The molecule has 0 heterocycles. The normalized spacial score (nSPS) is 11.0. The first kappa shape index (κ1) is 19.1. The van der Waals surface area contributed by atoms with Gasteiger partial charge in [-0.25, -0.2) is 8.42 Å². The molecule has 0 aliphatic carbocycles. The summed E-state index contributed by atoms with van der Waals surface area (Å²) in [5.41, 5.74) is 1.13. The van der Waals surface area contributed by atoms with Gasteiger partial charge in [-0.2, -0.15) is 5.26 Å². The number of halogens is 1. The predicted octanol–water partition coefficient (Wildman–Crippen LogP) is 4.24. The molecular weight excluding hydrogens is 386 g/mol. The molecule has 2 aromatic rings. The van der Waals surface area contributed by atoms with Crippen LogP contribution in [0.4, 0.5) is 11.4 Å². The first-order valence-corrected chi connectivity index (χ1v) is 9.47. The number of aryl methyl sites for hydroxylation is 2. The van der Waals surface area contributed by atoms with Gasteiger partial charge in [0.15, 0.2) is 0 Å². The Morgan fingerprint density at radius 2 is 1.84 bits per heavy atom. The molecule has 0 radical (unpaired) electrons. The monoisotopic (exact) mass is 397 g/mol. The number of rotatable bonds is 5. The summed E-state index contributed by atoms with van der Waals surface area (Å²) in [6.07, 6.45) is 0. The minimum absolute atomic E-state index is 0.144. The lowest BCUT2D eigenvalue weighted by Gasteiger charge is -2.14. The maximum atomic E-state index is 12.6. The van der Waals surface area contributed by atoms with Crippen molar-refractivity contribution in [2.75, 3.05) is 4.72 Å². The highest BCUT2D eigenvalue weighted by atomic mass is 35.5. The number of hydrogen-bond donors (Lipinski definition) is 1. The predicted molar refractivity (Wildman–Crippen MR) is 96.3 cm³/mol. The highest BCUT2D eigenvalue weighted by Crippen LogP contribution is 2.31. The van der Waals surface area contributed by atoms with Crippen LogP contribution in [-0.4, -0.2) is 13.3 Å². The van der Waals surface area contributed by atoms with E-state index in [9.17, 15) is 18.5 Å². The Balaban J connectivity index is 2.45. The number of benzene rings is 2. The summed E-state index contributed by atoms with van der Waals surface area (Å²) in [5, 5.41) is 21.5. The van der Waals surface area contributed by atoms with Gasteiger partial charge in [0.05, 0.1) is 15.5 Å². The highest BCUT2D eigenvalue weighted by Gasteiger charge is 2.22. The van der Waals surface area contributed by atoms with E-state index in [-0.39, 0.29) is 9.92 Å². The number of nitro groups is 1. The maximum absolute atomic E-state index is 12.6. The van der Waals surface area contributed by atoms with Crippen molar-refractivity contribution in [3.63, 3.8) is 0 Å². The Morgan fingerprint density at radius 3 is 2.36 bits per heavy atom. The summed E-state index contributed by atoms with van der Waals surface area (Å²) in [7, 11) is -4.04. The Bertz CT molecular complexity index is 977. The van der Waals surface area contributed by atoms with Crippen LogP contribution in [0.2, 0.25) is 5.02 Å². The third-order valence-corrected chi connectivity index (χ3v) is 5.56. The third-order valence-electron chi connectivity index (χ3n) is 3.33. The summed E-state index contributed by atoms with van der Waals surface area (Å²) in [6.45, 7) is 3.41. The second-order valence-corrected chi connectivity index (χ2v) is 8.05. The van der Waals surface area contributed by atoms with E-state index >= 15 is 0 Å². The van der Waals surface area contributed by atoms with Gasteiger partial charge in [0.25, 0.3) is 15.7 Å². The van der Waals surface area contributed by atoms with E-state index in [1.165, 1.54) is 12.1 Å². The lowest BCUT2D eigenvalue weighted by Crippen LogP contribution is -2.15. The van der Waals surface area contributed by atoms with Crippen molar-refractivity contribution < 1.29 is 13.3 Å². The fourth-order valence-corrected chi connectivity index (χ4v) is 4.18.